The highest BCUT2D eigenvalue weighted by Gasteiger charge is 2.26. The van der Waals surface area contributed by atoms with Gasteiger partial charge in [-0.2, -0.15) is 0 Å². The third-order valence-electron chi connectivity index (χ3n) is 3.29. The van der Waals surface area contributed by atoms with Crippen LogP contribution in [-0.2, 0) is 4.79 Å². The highest BCUT2D eigenvalue weighted by Crippen LogP contribution is 2.19. The van der Waals surface area contributed by atoms with E-state index in [1.165, 1.54) is 0 Å². The van der Waals surface area contributed by atoms with Crippen LogP contribution in [0.1, 0.15) is 36.8 Å². The van der Waals surface area contributed by atoms with Gasteiger partial charge in [-0.25, -0.2) is 0 Å². The summed E-state index contributed by atoms with van der Waals surface area (Å²) in [5, 5.41) is 11.7. The Labute approximate surface area is 111 Å². The summed E-state index contributed by atoms with van der Waals surface area (Å²) in [6.07, 6.45) is 5.67. The maximum atomic E-state index is 12.2. The van der Waals surface area contributed by atoms with Gasteiger partial charge in [-0.15, -0.1) is 0 Å². The Bertz CT molecular complexity index is 517. The largest absolute Gasteiger partial charge is 0.481 e. The van der Waals surface area contributed by atoms with Crippen molar-refractivity contribution in [2.75, 3.05) is 0 Å². The van der Waals surface area contributed by atoms with Gasteiger partial charge in [0.15, 0.2) is 0 Å². The van der Waals surface area contributed by atoms with Gasteiger partial charge in [0.2, 0.25) is 0 Å². The van der Waals surface area contributed by atoms with Crippen LogP contribution in [0.2, 0.25) is 0 Å². The molecule has 0 saturated carbocycles. The lowest BCUT2D eigenvalue weighted by atomic mass is 10.1. The van der Waals surface area contributed by atoms with Crippen molar-refractivity contribution in [1.82, 2.24) is 9.88 Å². The van der Waals surface area contributed by atoms with Crippen LogP contribution in [0.5, 0.6) is 0 Å². The Kier molecular flexibility index (Phi) is 3.74. The minimum Gasteiger partial charge on any atom is -0.481 e. The zero-order chi connectivity index (χ0) is 14.0. The van der Waals surface area contributed by atoms with Gasteiger partial charge in [0.1, 0.15) is 5.69 Å². The second kappa shape index (κ2) is 5.30. The minimum absolute atomic E-state index is 0.167. The number of nitrogens with one attached hydrogen (secondary N) is 1. The molecule has 2 unspecified atom stereocenters. The van der Waals surface area contributed by atoms with Crippen LogP contribution >= 0.6 is 0 Å². The topological polar surface area (TPSA) is 71.3 Å². The number of carboxylic acid groups (broad SMARTS) is 1. The maximum absolute atomic E-state index is 12.2. The van der Waals surface area contributed by atoms with E-state index in [2.05, 4.69) is 5.32 Å². The number of carboxylic acids is 1. The van der Waals surface area contributed by atoms with E-state index in [1.54, 1.807) is 18.2 Å². The van der Waals surface area contributed by atoms with Gasteiger partial charge in [-0.05, 0) is 32.4 Å². The molecule has 2 N–H and O–H groups in total. The van der Waals surface area contributed by atoms with Crippen molar-refractivity contribution in [2.24, 2.45) is 5.92 Å². The quantitative estimate of drug-likeness (QED) is 0.813. The van der Waals surface area contributed by atoms with Crippen LogP contribution in [0.4, 0.5) is 0 Å². The van der Waals surface area contributed by atoms with Gasteiger partial charge in [-0.3, -0.25) is 9.59 Å². The van der Waals surface area contributed by atoms with E-state index < -0.39 is 11.9 Å². The van der Waals surface area contributed by atoms with Crippen molar-refractivity contribution in [3.63, 3.8) is 0 Å². The normalized spacial score (nSPS) is 21.8. The third-order valence-corrected chi connectivity index (χ3v) is 3.29. The smallest absolute Gasteiger partial charge is 0.310 e. The van der Waals surface area contributed by atoms with Crippen molar-refractivity contribution >= 4 is 11.9 Å². The van der Waals surface area contributed by atoms with Gasteiger partial charge in [0.25, 0.3) is 5.91 Å². The molecule has 2 atom stereocenters. The summed E-state index contributed by atoms with van der Waals surface area (Å²) in [5.74, 6) is -1.51. The molecule has 1 aromatic rings. The summed E-state index contributed by atoms with van der Waals surface area (Å²) in [7, 11) is 0. The lowest BCUT2D eigenvalue weighted by molar-refractivity contribution is -0.140. The molecule has 1 aromatic heterocycles. The van der Waals surface area contributed by atoms with Crippen LogP contribution in [0, 0.1) is 5.92 Å². The molecule has 0 fully saturated rings. The fourth-order valence-corrected chi connectivity index (χ4v) is 2.27. The molecule has 102 valence electrons. The molecular formula is C14H18N2O3. The fourth-order valence-electron chi connectivity index (χ4n) is 2.27. The van der Waals surface area contributed by atoms with Crippen LogP contribution < -0.4 is 5.32 Å². The summed E-state index contributed by atoms with van der Waals surface area (Å²) >= 11 is 0. The second-order valence-corrected chi connectivity index (χ2v) is 5.04. The molecule has 0 radical (unpaired) electrons. The molecule has 19 heavy (non-hydrogen) atoms. The summed E-state index contributed by atoms with van der Waals surface area (Å²) < 4.78 is 1.89. The zero-order valence-electron chi connectivity index (χ0n) is 11.0. The first kappa shape index (κ1) is 13.4. The molecule has 0 bridgehead atoms. The van der Waals surface area contributed by atoms with E-state index in [0.29, 0.717) is 12.1 Å². The highest BCUT2D eigenvalue weighted by atomic mass is 16.4. The third kappa shape index (κ3) is 2.86. The molecule has 5 nitrogen and oxygen atoms in total. The molecular weight excluding hydrogens is 244 g/mol. The molecule has 1 aliphatic rings. The predicted molar refractivity (Wildman–Crippen MR) is 71.0 cm³/mol. The summed E-state index contributed by atoms with van der Waals surface area (Å²) in [6, 6.07) is 3.60. The van der Waals surface area contributed by atoms with Crippen LogP contribution in [0.15, 0.2) is 30.5 Å². The Hall–Kier alpha value is -2.04. The molecule has 1 heterocycles. The summed E-state index contributed by atoms with van der Waals surface area (Å²) in [4.78, 5) is 23.0. The first-order valence-electron chi connectivity index (χ1n) is 6.38. The van der Waals surface area contributed by atoms with Crippen molar-refractivity contribution in [3.8, 4) is 0 Å². The Morgan fingerprint density at radius 1 is 1.42 bits per heavy atom. The number of hydrogen-bond acceptors (Lipinski definition) is 2. The number of carbonyl (C=O) groups excluding carboxylic acids is 1. The standard InChI is InChI=1S/C14H18N2O3/c1-9(2)16-7-3-4-12(16)13(17)15-11-6-5-10(8-11)14(18)19/h3-7,9-11H,8H2,1-2H3,(H,15,17)(H,18,19). The number of aromatic nitrogens is 1. The lowest BCUT2D eigenvalue weighted by Crippen LogP contribution is -2.34. The molecule has 0 aromatic carbocycles. The summed E-state index contributed by atoms with van der Waals surface area (Å²) in [6.45, 7) is 4.01. The lowest BCUT2D eigenvalue weighted by Gasteiger charge is -2.15. The fraction of sp³-hybridized carbons (Fsp3) is 0.429. The average Bonchev–Trinajstić information content (AvgIpc) is 2.96. The van der Waals surface area contributed by atoms with Gasteiger partial charge >= 0.3 is 5.97 Å². The van der Waals surface area contributed by atoms with Crippen LogP contribution in [0.25, 0.3) is 0 Å². The Morgan fingerprint density at radius 2 is 2.16 bits per heavy atom. The van der Waals surface area contributed by atoms with Gasteiger partial charge in [-0.1, -0.05) is 12.2 Å². The van der Waals surface area contributed by atoms with Crippen LogP contribution in [0.3, 0.4) is 0 Å². The molecule has 5 heteroatoms. The molecule has 1 amide bonds. The number of nitrogens with zero attached hydrogens (tertiary/aromatic N) is 1. The first-order chi connectivity index (χ1) is 8.99. The van der Waals surface area contributed by atoms with Crippen molar-refractivity contribution < 1.29 is 14.7 Å². The minimum atomic E-state index is -0.849. The van der Waals surface area contributed by atoms with Gasteiger partial charge in [0, 0.05) is 18.3 Å². The Balaban J connectivity index is 2.01. The maximum Gasteiger partial charge on any atom is 0.310 e. The van der Waals surface area contributed by atoms with E-state index in [1.807, 2.05) is 30.7 Å². The monoisotopic (exact) mass is 262 g/mol. The Morgan fingerprint density at radius 3 is 2.74 bits per heavy atom. The SMILES string of the molecule is CC(C)n1cccc1C(=O)NC1C=CC(C(=O)O)C1. The van der Waals surface area contributed by atoms with E-state index in [4.69, 9.17) is 5.11 Å². The molecule has 0 aliphatic heterocycles. The van der Waals surface area contributed by atoms with Crippen LogP contribution in [-0.4, -0.2) is 27.6 Å². The van der Waals surface area contributed by atoms with Crippen molar-refractivity contribution in [2.45, 2.75) is 32.4 Å². The number of rotatable bonds is 4. The predicted octanol–water partition coefficient (Wildman–Crippen LogP) is 1.83. The average molecular weight is 262 g/mol. The van der Waals surface area contributed by atoms with Gasteiger partial charge in [0.05, 0.1) is 5.92 Å². The number of amides is 1. The van der Waals surface area contributed by atoms with Crippen molar-refractivity contribution in [3.05, 3.63) is 36.2 Å². The van der Waals surface area contributed by atoms with E-state index >= 15 is 0 Å². The van der Waals surface area contributed by atoms with E-state index in [-0.39, 0.29) is 18.0 Å². The zero-order valence-corrected chi connectivity index (χ0v) is 11.0. The highest BCUT2D eigenvalue weighted by molar-refractivity contribution is 5.93. The molecule has 0 saturated heterocycles. The van der Waals surface area contributed by atoms with Crippen molar-refractivity contribution in [1.29, 1.82) is 0 Å². The van der Waals surface area contributed by atoms with E-state index in [9.17, 15) is 9.59 Å². The molecule has 2 rings (SSSR count). The number of carbonyl (C=O) groups is 2. The number of aliphatic carboxylic acids is 1. The van der Waals surface area contributed by atoms with Gasteiger partial charge < -0.3 is 15.0 Å². The summed E-state index contributed by atoms with van der Waals surface area (Å²) in [5.41, 5.74) is 0.599. The molecule has 0 spiro atoms. The second-order valence-electron chi connectivity index (χ2n) is 5.04. The van der Waals surface area contributed by atoms with E-state index in [0.717, 1.165) is 0 Å². The molecule has 1 aliphatic carbocycles. The first-order valence-corrected chi connectivity index (χ1v) is 6.38. The number of hydrogen-bond donors (Lipinski definition) is 2.